The van der Waals surface area contributed by atoms with Crippen LogP contribution in [0.1, 0.15) is 11.3 Å². The van der Waals surface area contributed by atoms with Crippen molar-refractivity contribution in [3.8, 4) is 11.4 Å². The van der Waals surface area contributed by atoms with Gasteiger partial charge in [-0.05, 0) is 37.2 Å². The summed E-state index contributed by atoms with van der Waals surface area (Å²) in [5.41, 5.74) is 3.47. The highest BCUT2D eigenvalue weighted by Gasteiger charge is 2.15. The molecule has 0 atom stereocenters. The third-order valence-corrected chi connectivity index (χ3v) is 3.82. The Morgan fingerprint density at radius 3 is 3.10 bits per heavy atom. The number of benzene rings is 1. The van der Waals surface area contributed by atoms with Crippen molar-refractivity contribution in [3.63, 3.8) is 0 Å². The van der Waals surface area contributed by atoms with E-state index in [0.29, 0.717) is 12.4 Å². The summed E-state index contributed by atoms with van der Waals surface area (Å²) in [5, 5.41) is 4.29. The minimum Gasteiger partial charge on any atom is -0.311 e. The molecule has 0 radical (unpaired) electrons. The van der Waals surface area contributed by atoms with Gasteiger partial charge in [0, 0.05) is 29.3 Å². The Kier molecular flexibility index (Phi) is 2.79. The lowest BCUT2D eigenvalue weighted by molar-refractivity contribution is 0.619. The van der Waals surface area contributed by atoms with Crippen LogP contribution in [-0.2, 0) is 13.0 Å². The third kappa shape index (κ3) is 2.11. The van der Waals surface area contributed by atoms with Gasteiger partial charge in [-0.25, -0.2) is 4.98 Å². The molecule has 2 N–H and O–H groups in total. The molecule has 0 amide bonds. The summed E-state index contributed by atoms with van der Waals surface area (Å²) in [5.74, 6) is 0.619. The fourth-order valence-electron chi connectivity index (χ4n) is 2.73. The molecule has 0 fully saturated rings. The molecule has 104 valence electrons. The molecule has 3 aromatic rings. The fraction of sp³-hybridized carbons (Fsp3) is 0.188. The van der Waals surface area contributed by atoms with Crippen molar-refractivity contribution in [1.82, 2.24) is 20.3 Å². The van der Waals surface area contributed by atoms with Crippen molar-refractivity contribution < 1.29 is 0 Å². The number of hydrogen-bond donors (Lipinski definition) is 2. The number of nitrogens with one attached hydrogen (secondary N) is 2. The van der Waals surface area contributed by atoms with Crippen LogP contribution in [0, 0.1) is 0 Å². The number of aromatic amines is 1. The van der Waals surface area contributed by atoms with E-state index in [1.807, 2.05) is 30.3 Å². The van der Waals surface area contributed by atoms with Crippen molar-refractivity contribution in [2.24, 2.45) is 0 Å². The Morgan fingerprint density at radius 2 is 2.14 bits per heavy atom. The highest BCUT2D eigenvalue weighted by molar-refractivity contribution is 5.83. The van der Waals surface area contributed by atoms with Crippen LogP contribution in [0.5, 0.6) is 0 Å². The van der Waals surface area contributed by atoms with Crippen molar-refractivity contribution in [1.29, 1.82) is 0 Å². The van der Waals surface area contributed by atoms with Crippen LogP contribution < -0.4 is 10.9 Å². The SMILES string of the molecule is O=c1[nH]c(-c2ccc3ncccc3c2)nc2c1CCNC2. The molecular formula is C16H14N4O. The highest BCUT2D eigenvalue weighted by Crippen LogP contribution is 2.21. The number of fused-ring (bicyclic) bond motifs is 2. The molecule has 0 bridgehead atoms. The molecule has 0 spiro atoms. The van der Waals surface area contributed by atoms with Crippen LogP contribution >= 0.6 is 0 Å². The first kappa shape index (κ1) is 12.2. The Labute approximate surface area is 121 Å². The normalized spacial score (nSPS) is 14.1. The van der Waals surface area contributed by atoms with Gasteiger partial charge in [-0.2, -0.15) is 0 Å². The van der Waals surface area contributed by atoms with Gasteiger partial charge in [-0.3, -0.25) is 9.78 Å². The van der Waals surface area contributed by atoms with Gasteiger partial charge in [-0.15, -0.1) is 0 Å². The largest absolute Gasteiger partial charge is 0.311 e. The highest BCUT2D eigenvalue weighted by atomic mass is 16.1. The molecule has 4 rings (SSSR count). The van der Waals surface area contributed by atoms with Crippen molar-refractivity contribution in [3.05, 3.63) is 58.1 Å². The van der Waals surface area contributed by atoms with Gasteiger partial charge >= 0.3 is 0 Å². The average Bonchev–Trinajstić information content (AvgIpc) is 2.54. The first-order chi connectivity index (χ1) is 10.3. The van der Waals surface area contributed by atoms with E-state index in [1.165, 1.54) is 0 Å². The Balaban J connectivity index is 1.88. The van der Waals surface area contributed by atoms with Crippen LogP contribution in [0.4, 0.5) is 0 Å². The minimum atomic E-state index is -0.0252. The van der Waals surface area contributed by atoms with Gasteiger partial charge in [0.1, 0.15) is 5.82 Å². The van der Waals surface area contributed by atoms with E-state index in [-0.39, 0.29) is 5.56 Å². The quantitative estimate of drug-likeness (QED) is 0.710. The van der Waals surface area contributed by atoms with Gasteiger partial charge < -0.3 is 10.3 Å². The van der Waals surface area contributed by atoms with E-state index < -0.39 is 0 Å². The van der Waals surface area contributed by atoms with Crippen LogP contribution in [-0.4, -0.2) is 21.5 Å². The topological polar surface area (TPSA) is 70.7 Å². The molecule has 0 aliphatic carbocycles. The molecule has 1 aliphatic rings. The van der Waals surface area contributed by atoms with Gasteiger partial charge in [0.05, 0.1) is 11.2 Å². The molecular weight excluding hydrogens is 264 g/mol. The van der Waals surface area contributed by atoms with E-state index in [4.69, 9.17) is 0 Å². The molecule has 5 heteroatoms. The number of nitrogens with zero attached hydrogens (tertiary/aromatic N) is 2. The molecule has 0 saturated heterocycles. The lowest BCUT2D eigenvalue weighted by Gasteiger charge is -2.16. The molecule has 2 aromatic heterocycles. The Hall–Kier alpha value is -2.53. The molecule has 0 saturated carbocycles. The van der Waals surface area contributed by atoms with Crippen molar-refractivity contribution in [2.75, 3.05) is 6.54 Å². The first-order valence-electron chi connectivity index (χ1n) is 6.99. The second-order valence-electron chi connectivity index (χ2n) is 5.18. The zero-order valence-electron chi connectivity index (χ0n) is 11.4. The first-order valence-corrected chi connectivity index (χ1v) is 6.99. The standard InChI is InChI=1S/C16H14N4O/c21-16-12-5-7-17-9-14(12)19-15(20-16)11-3-4-13-10(8-11)2-1-6-18-13/h1-4,6,8,17H,5,7,9H2,(H,19,20,21). The summed E-state index contributed by atoms with van der Waals surface area (Å²) < 4.78 is 0. The molecule has 1 aliphatic heterocycles. The summed E-state index contributed by atoms with van der Waals surface area (Å²) in [4.78, 5) is 24.0. The van der Waals surface area contributed by atoms with E-state index in [2.05, 4.69) is 20.3 Å². The van der Waals surface area contributed by atoms with Gasteiger partial charge in [0.15, 0.2) is 0 Å². The number of rotatable bonds is 1. The number of H-pyrrole nitrogens is 1. The molecule has 21 heavy (non-hydrogen) atoms. The zero-order chi connectivity index (χ0) is 14.2. The Bertz CT molecular complexity index is 885. The second-order valence-corrected chi connectivity index (χ2v) is 5.18. The second kappa shape index (κ2) is 4.79. The number of hydrogen-bond acceptors (Lipinski definition) is 4. The molecule has 0 unspecified atom stereocenters. The summed E-state index contributed by atoms with van der Waals surface area (Å²) in [7, 11) is 0. The predicted molar refractivity (Wildman–Crippen MR) is 81.0 cm³/mol. The summed E-state index contributed by atoms with van der Waals surface area (Å²) >= 11 is 0. The van der Waals surface area contributed by atoms with Crippen LogP contribution in [0.25, 0.3) is 22.3 Å². The van der Waals surface area contributed by atoms with Gasteiger partial charge in [0.2, 0.25) is 0 Å². The Morgan fingerprint density at radius 1 is 1.19 bits per heavy atom. The monoisotopic (exact) mass is 278 g/mol. The summed E-state index contributed by atoms with van der Waals surface area (Å²) in [6.45, 7) is 1.49. The predicted octanol–water partition coefficient (Wildman–Crippen LogP) is 1.63. The fourth-order valence-corrected chi connectivity index (χ4v) is 2.73. The lowest BCUT2D eigenvalue weighted by atomic mass is 10.1. The maximum atomic E-state index is 12.2. The van der Waals surface area contributed by atoms with Crippen molar-refractivity contribution >= 4 is 10.9 Å². The smallest absolute Gasteiger partial charge is 0.254 e. The molecule has 1 aromatic carbocycles. The number of aromatic nitrogens is 3. The van der Waals surface area contributed by atoms with Crippen LogP contribution in [0.2, 0.25) is 0 Å². The third-order valence-electron chi connectivity index (χ3n) is 3.82. The molecule has 5 nitrogen and oxygen atoms in total. The van der Waals surface area contributed by atoms with Crippen LogP contribution in [0.15, 0.2) is 41.3 Å². The molecule has 3 heterocycles. The van der Waals surface area contributed by atoms with Gasteiger partial charge in [-0.1, -0.05) is 6.07 Å². The minimum absolute atomic E-state index is 0.0252. The van der Waals surface area contributed by atoms with E-state index in [0.717, 1.165) is 40.7 Å². The summed E-state index contributed by atoms with van der Waals surface area (Å²) in [6, 6.07) is 9.80. The average molecular weight is 278 g/mol. The zero-order valence-corrected chi connectivity index (χ0v) is 11.4. The van der Waals surface area contributed by atoms with E-state index >= 15 is 0 Å². The van der Waals surface area contributed by atoms with Crippen molar-refractivity contribution in [2.45, 2.75) is 13.0 Å². The van der Waals surface area contributed by atoms with Crippen LogP contribution in [0.3, 0.4) is 0 Å². The van der Waals surface area contributed by atoms with E-state index in [1.54, 1.807) is 6.20 Å². The number of pyridine rings is 1. The summed E-state index contributed by atoms with van der Waals surface area (Å²) in [6.07, 6.45) is 2.51. The maximum absolute atomic E-state index is 12.2. The maximum Gasteiger partial charge on any atom is 0.254 e. The lowest BCUT2D eigenvalue weighted by Crippen LogP contribution is -2.31. The van der Waals surface area contributed by atoms with Gasteiger partial charge in [0.25, 0.3) is 5.56 Å². The van der Waals surface area contributed by atoms with E-state index in [9.17, 15) is 4.79 Å².